The fourth-order valence-corrected chi connectivity index (χ4v) is 2.26. The molecule has 17 heavy (non-hydrogen) atoms. The molecule has 0 amide bonds. The van der Waals surface area contributed by atoms with Crippen molar-refractivity contribution in [3.05, 3.63) is 38.6 Å². The average Bonchev–Trinajstić information content (AvgIpc) is 2.69. The fourth-order valence-electron chi connectivity index (χ4n) is 1.51. The Hall–Kier alpha value is -0.560. The zero-order valence-corrected chi connectivity index (χ0v) is 13.4. The van der Waals surface area contributed by atoms with Crippen molar-refractivity contribution in [2.45, 2.75) is 19.9 Å². The molecule has 0 aliphatic carbocycles. The van der Waals surface area contributed by atoms with Gasteiger partial charge in [0.05, 0.1) is 0 Å². The highest BCUT2D eigenvalue weighted by Gasteiger charge is 2.07. The maximum absolute atomic E-state index is 4.32. The van der Waals surface area contributed by atoms with Crippen molar-refractivity contribution in [1.29, 1.82) is 0 Å². The van der Waals surface area contributed by atoms with E-state index in [4.69, 9.17) is 0 Å². The number of nitrogens with zero attached hydrogens (tertiary/aromatic N) is 2. The average molecular weight is 406 g/mol. The third kappa shape index (κ3) is 3.01. The molecule has 1 aromatic carbocycles. The number of halogens is 2. The predicted molar refractivity (Wildman–Crippen MR) is 82.7 cm³/mol. The Kier molecular flexibility index (Phi) is 4.09. The van der Waals surface area contributed by atoms with Crippen LogP contribution in [0.2, 0.25) is 0 Å². The van der Waals surface area contributed by atoms with Gasteiger partial charge in [-0.3, -0.25) is 4.57 Å². The van der Waals surface area contributed by atoms with Crippen molar-refractivity contribution in [2.24, 2.45) is 0 Å². The summed E-state index contributed by atoms with van der Waals surface area (Å²) in [5, 5.41) is 3.32. The Morgan fingerprint density at radius 2 is 2.18 bits per heavy atom. The van der Waals surface area contributed by atoms with Crippen molar-refractivity contribution < 1.29 is 0 Å². The zero-order chi connectivity index (χ0) is 12.4. The first-order valence-electron chi connectivity index (χ1n) is 5.33. The summed E-state index contributed by atoms with van der Waals surface area (Å²) in [5.41, 5.74) is 1.11. The molecule has 0 aliphatic heterocycles. The van der Waals surface area contributed by atoms with Gasteiger partial charge in [0, 0.05) is 32.2 Å². The van der Waals surface area contributed by atoms with E-state index in [0.717, 1.165) is 16.1 Å². The molecule has 90 valence electrons. The first-order valence-corrected chi connectivity index (χ1v) is 7.20. The SMILES string of the molecule is CC(C)Nc1nccn1-c1ccc(Br)c(I)c1. The van der Waals surface area contributed by atoms with E-state index >= 15 is 0 Å². The van der Waals surface area contributed by atoms with Gasteiger partial charge in [-0.1, -0.05) is 0 Å². The normalized spacial score (nSPS) is 10.9. The number of imidazole rings is 1. The molecule has 0 bridgehead atoms. The molecule has 0 radical (unpaired) electrons. The van der Waals surface area contributed by atoms with Crippen molar-refractivity contribution in [1.82, 2.24) is 9.55 Å². The summed E-state index contributed by atoms with van der Waals surface area (Å²) in [7, 11) is 0. The van der Waals surface area contributed by atoms with E-state index in [2.05, 4.69) is 85.4 Å². The Morgan fingerprint density at radius 1 is 1.41 bits per heavy atom. The van der Waals surface area contributed by atoms with Crippen LogP contribution in [0.4, 0.5) is 5.95 Å². The highest BCUT2D eigenvalue weighted by molar-refractivity contribution is 14.1. The first-order chi connectivity index (χ1) is 8.08. The minimum Gasteiger partial charge on any atom is -0.353 e. The van der Waals surface area contributed by atoms with Gasteiger partial charge < -0.3 is 5.32 Å². The summed E-state index contributed by atoms with van der Waals surface area (Å²) in [4.78, 5) is 4.32. The lowest BCUT2D eigenvalue weighted by atomic mass is 10.3. The molecule has 0 spiro atoms. The molecule has 2 aromatic rings. The van der Waals surface area contributed by atoms with Gasteiger partial charge in [0.25, 0.3) is 0 Å². The molecule has 0 aliphatic rings. The lowest BCUT2D eigenvalue weighted by Crippen LogP contribution is -2.13. The van der Waals surface area contributed by atoms with Crippen molar-refractivity contribution >= 4 is 44.5 Å². The van der Waals surface area contributed by atoms with E-state index in [0.29, 0.717) is 6.04 Å². The van der Waals surface area contributed by atoms with E-state index in [1.165, 1.54) is 3.57 Å². The molecule has 0 atom stereocenters. The lowest BCUT2D eigenvalue weighted by molar-refractivity contribution is 0.864. The standard InChI is InChI=1S/C12H13BrIN3/c1-8(2)16-12-15-5-6-17(12)9-3-4-10(13)11(14)7-9/h3-8H,1-2H3,(H,15,16). The number of benzene rings is 1. The summed E-state index contributed by atoms with van der Waals surface area (Å²) in [6.07, 6.45) is 3.77. The second-order valence-electron chi connectivity index (χ2n) is 4.02. The van der Waals surface area contributed by atoms with Crippen molar-refractivity contribution in [2.75, 3.05) is 5.32 Å². The van der Waals surface area contributed by atoms with Gasteiger partial charge in [0.2, 0.25) is 5.95 Å². The molecule has 0 saturated heterocycles. The minimum absolute atomic E-state index is 0.366. The Bertz CT molecular complexity index is 522. The van der Waals surface area contributed by atoms with Gasteiger partial charge in [0.1, 0.15) is 0 Å². The van der Waals surface area contributed by atoms with Crippen LogP contribution in [0.15, 0.2) is 35.1 Å². The van der Waals surface area contributed by atoms with Gasteiger partial charge in [-0.05, 0) is 70.6 Å². The molecule has 1 N–H and O–H groups in total. The summed E-state index contributed by atoms with van der Waals surface area (Å²) >= 11 is 5.81. The van der Waals surface area contributed by atoms with Gasteiger partial charge in [0.15, 0.2) is 0 Å². The van der Waals surface area contributed by atoms with E-state index in [9.17, 15) is 0 Å². The van der Waals surface area contributed by atoms with E-state index in [-0.39, 0.29) is 0 Å². The first kappa shape index (κ1) is 12.9. The van der Waals surface area contributed by atoms with Crippen LogP contribution in [-0.2, 0) is 0 Å². The Balaban J connectivity index is 2.39. The summed E-state index contributed by atoms with van der Waals surface area (Å²) < 4.78 is 4.35. The molecule has 3 nitrogen and oxygen atoms in total. The molecular weight excluding hydrogens is 393 g/mol. The van der Waals surface area contributed by atoms with Gasteiger partial charge in [-0.15, -0.1) is 0 Å². The maximum Gasteiger partial charge on any atom is 0.207 e. The van der Waals surface area contributed by atoms with Gasteiger partial charge >= 0.3 is 0 Å². The maximum atomic E-state index is 4.32. The molecule has 0 unspecified atom stereocenters. The van der Waals surface area contributed by atoms with Crippen LogP contribution in [0.1, 0.15) is 13.8 Å². The largest absolute Gasteiger partial charge is 0.353 e. The van der Waals surface area contributed by atoms with Crippen LogP contribution in [0.3, 0.4) is 0 Å². The monoisotopic (exact) mass is 405 g/mol. The van der Waals surface area contributed by atoms with Crippen molar-refractivity contribution in [3.8, 4) is 5.69 Å². The number of aromatic nitrogens is 2. The molecule has 2 rings (SSSR count). The topological polar surface area (TPSA) is 29.9 Å². The number of hydrogen-bond donors (Lipinski definition) is 1. The molecule has 0 saturated carbocycles. The molecule has 5 heteroatoms. The van der Waals surface area contributed by atoms with Crippen LogP contribution in [0, 0.1) is 3.57 Å². The third-order valence-electron chi connectivity index (χ3n) is 2.24. The Morgan fingerprint density at radius 3 is 2.82 bits per heavy atom. The van der Waals surface area contributed by atoms with Crippen molar-refractivity contribution in [3.63, 3.8) is 0 Å². The van der Waals surface area contributed by atoms with E-state index in [1.807, 2.05) is 6.20 Å². The summed E-state index contributed by atoms with van der Waals surface area (Å²) in [6, 6.07) is 6.61. The van der Waals surface area contributed by atoms with Crippen LogP contribution in [-0.4, -0.2) is 15.6 Å². The van der Waals surface area contributed by atoms with Crippen LogP contribution < -0.4 is 5.32 Å². The highest BCUT2D eigenvalue weighted by Crippen LogP contribution is 2.23. The second kappa shape index (κ2) is 5.39. The van der Waals surface area contributed by atoms with E-state index in [1.54, 1.807) is 6.20 Å². The highest BCUT2D eigenvalue weighted by atomic mass is 127. The molecular formula is C12H13BrIN3. The zero-order valence-electron chi connectivity index (χ0n) is 9.61. The van der Waals surface area contributed by atoms with Gasteiger partial charge in [-0.2, -0.15) is 0 Å². The smallest absolute Gasteiger partial charge is 0.207 e. The number of hydrogen-bond acceptors (Lipinski definition) is 2. The number of rotatable bonds is 3. The minimum atomic E-state index is 0.366. The van der Waals surface area contributed by atoms with Crippen LogP contribution in [0.5, 0.6) is 0 Å². The summed E-state index contributed by atoms with van der Waals surface area (Å²) in [6.45, 7) is 4.20. The lowest BCUT2D eigenvalue weighted by Gasteiger charge is -2.12. The predicted octanol–water partition coefficient (Wildman–Crippen LogP) is 4.06. The molecule has 1 aromatic heterocycles. The fraction of sp³-hybridized carbons (Fsp3) is 0.250. The van der Waals surface area contributed by atoms with Crippen LogP contribution >= 0.6 is 38.5 Å². The Labute approximate surface area is 123 Å². The van der Waals surface area contributed by atoms with Crippen LogP contribution in [0.25, 0.3) is 5.69 Å². The van der Waals surface area contributed by atoms with E-state index < -0.39 is 0 Å². The molecule has 1 heterocycles. The number of anilines is 1. The quantitative estimate of drug-likeness (QED) is 0.780. The molecule has 0 fully saturated rings. The number of nitrogens with one attached hydrogen (secondary N) is 1. The summed E-state index contributed by atoms with van der Waals surface area (Å²) in [5.74, 6) is 0.873. The van der Waals surface area contributed by atoms with Gasteiger partial charge in [-0.25, -0.2) is 4.98 Å². The second-order valence-corrected chi connectivity index (χ2v) is 6.03. The third-order valence-corrected chi connectivity index (χ3v) is 4.57.